The molecule has 2 unspecified atom stereocenters. The van der Waals surface area contributed by atoms with Crippen LogP contribution in [0.5, 0.6) is 5.75 Å². The summed E-state index contributed by atoms with van der Waals surface area (Å²) in [5, 5.41) is 14.1. The summed E-state index contributed by atoms with van der Waals surface area (Å²) in [6.45, 7) is 0.436. The zero-order chi connectivity index (χ0) is 18.5. The van der Waals surface area contributed by atoms with Gasteiger partial charge in [0.25, 0.3) is 5.91 Å². The predicted molar refractivity (Wildman–Crippen MR) is 90.8 cm³/mol. The Kier molecular flexibility index (Phi) is 5.79. The molecule has 1 fully saturated rings. The third-order valence-electron chi connectivity index (χ3n) is 3.78. The SMILES string of the molecule is O=C(NCC(Oc1ccc(F)cc1)C(=O)O)c1csc(C2CCCO2)n1. The summed E-state index contributed by atoms with van der Waals surface area (Å²) in [5.41, 5.74) is 0.214. The maximum atomic E-state index is 12.9. The number of nitrogens with one attached hydrogen (secondary N) is 1. The molecule has 0 aliphatic carbocycles. The van der Waals surface area contributed by atoms with Crippen molar-refractivity contribution in [2.24, 2.45) is 0 Å². The minimum Gasteiger partial charge on any atom is -0.478 e. The van der Waals surface area contributed by atoms with Crippen molar-refractivity contribution < 1.29 is 28.6 Å². The number of hydrogen-bond donors (Lipinski definition) is 2. The summed E-state index contributed by atoms with van der Waals surface area (Å²) in [4.78, 5) is 27.8. The molecule has 2 N–H and O–H groups in total. The van der Waals surface area contributed by atoms with Gasteiger partial charge in [0.2, 0.25) is 6.10 Å². The lowest BCUT2D eigenvalue weighted by Gasteiger charge is -2.15. The largest absolute Gasteiger partial charge is 0.478 e. The van der Waals surface area contributed by atoms with Gasteiger partial charge in [0.05, 0.1) is 6.54 Å². The minimum absolute atomic E-state index is 0.0740. The van der Waals surface area contributed by atoms with Crippen LogP contribution in [0.3, 0.4) is 0 Å². The van der Waals surface area contributed by atoms with Crippen molar-refractivity contribution in [3.05, 3.63) is 46.2 Å². The number of aliphatic carboxylic acids is 1. The first-order valence-electron chi connectivity index (χ1n) is 8.03. The third kappa shape index (κ3) is 4.55. The second-order valence-corrected chi connectivity index (χ2v) is 6.57. The van der Waals surface area contributed by atoms with Crippen molar-refractivity contribution in [3.8, 4) is 5.75 Å². The van der Waals surface area contributed by atoms with E-state index in [1.54, 1.807) is 5.38 Å². The van der Waals surface area contributed by atoms with Crippen molar-refractivity contribution in [2.75, 3.05) is 13.2 Å². The molecule has 0 spiro atoms. The highest BCUT2D eigenvalue weighted by Crippen LogP contribution is 2.30. The van der Waals surface area contributed by atoms with E-state index in [1.165, 1.54) is 23.5 Å². The normalized spacial score (nSPS) is 17.7. The molecule has 0 saturated carbocycles. The van der Waals surface area contributed by atoms with Crippen LogP contribution >= 0.6 is 11.3 Å². The smallest absolute Gasteiger partial charge is 0.346 e. The zero-order valence-electron chi connectivity index (χ0n) is 13.7. The van der Waals surface area contributed by atoms with Gasteiger partial charge in [-0.25, -0.2) is 14.2 Å². The average Bonchev–Trinajstić information content (AvgIpc) is 3.30. The lowest BCUT2D eigenvalue weighted by Crippen LogP contribution is -2.40. The molecule has 1 aliphatic rings. The molecular formula is C17H17FN2O5S. The number of carboxylic acids is 1. The number of halogens is 1. The van der Waals surface area contributed by atoms with Crippen molar-refractivity contribution in [1.29, 1.82) is 0 Å². The highest BCUT2D eigenvalue weighted by Gasteiger charge is 2.24. The average molecular weight is 380 g/mol. The molecule has 1 aliphatic heterocycles. The molecule has 2 atom stereocenters. The van der Waals surface area contributed by atoms with Gasteiger partial charge < -0.3 is 19.9 Å². The Balaban J connectivity index is 1.57. The molecule has 138 valence electrons. The fourth-order valence-corrected chi connectivity index (χ4v) is 3.33. The number of carbonyl (C=O) groups is 2. The van der Waals surface area contributed by atoms with E-state index in [2.05, 4.69) is 10.3 Å². The van der Waals surface area contributed by atoms with Crippen LogP contribution in [-0.2, 0) is 9.53 Å². The first kappa shape index (κ1) is 18.3. The molecule has 1 saturated heterocycles. The zero-order valence-corrected chi connectivity index (χ0v) is 14.5. The van der Waals surface area contributed by atoms with E-state index < -0.39 is 23.8 Å². The van der Waals surface area contributed by atoms with Gasteiger partial charge in [-0.2, -0.15) is 0 Å². The summed E-state index contributed by atoms with van der Waals surface area (Å²) in [7, 11) is 0. The highest BCUT2D eigenvalue weighted by molar-refractivity contribution is 7.09. The number of carbonyl (C=O) groups excluding carboxylic acids is 1. The van der Waals surface area contributed by atoms with Gasteiger partial charge in [-0.3, -0.25) is 4.79 Å². The van der Waals surface area contributed by atoms with E-state index in [-0.39, 0.29) is 24.1 Å². The first-order valence-corrected chi connectivity index (χ1v) is 8.91. The Morgan fingerprint density at radius 2 is 2.19 bits per heavy atom. The minimum atomic E-state index is -1.30. The lowest BCUT2D eigenvalue weighted by molar-refractivity contribution is -0.144. The second-order valence-electron chi connectivity index (χ2n) is 5.68. The van der Waals surface area contributed by atoms with Gasteiger partial charge in [-0.15, -0.1) is 11.3 Å². The van der Waals surface area contributed by atoms with Crippen molar-refractivity contribution in [1.82, 2.24) is 10.3 Å². The van der Waals surface area contributed by atoms with Crippen LogP contribution in [0, 0.1) is 5.82 Å². The number of benzene rings is 1. The Hall–Kier alpha value is -2.52. The summed E-state index contributed by atoms with van der Waals surface area (Å²) in [6.07, 6.45) is 0.462. The summed E-state index contributed by atoms with van der Waals surface area (Å²) >= 11 is 1.34. The molecule has 0 radical (unpaired) electrons. The molecule has 1 aromatic heterocycles. The maximum absolute atomic E-state index is 12.9. The van der Waals surface area contributed by atoms with E-state index in [9.17, 15) is 19.1 Å². The third-order valence-corrected chi connectivity index (χ3v) is 4.71. The Morgan fingerprint density at radius 3 is 2.85 bits per heavy atom. The van der Waals surface area contributed by atoms with Crippen LogP contribution in [0.15, 0.2) is 29.6 Å². The highest BCUT2D eigenvalue weighted by atomic mass is 32.1. The molecule has 26 heavy (non-hydrogen) atoms. The predicted octanol–water partition coefficient (Wildman–Crippen LogP) is 2.40. The standard InChI is InChI=1S/C17H17FN2O5S/c18-10-3-5-11(6-4-10)25-14(17(22)23)8-19-15(21)12-9-26-16(20-12)13-2-1-7-24-13/h3-6,9,13-14H,1-2,7-8H2,(H,19,21)(H,22,23). The van der Waals surface area contributed by atoms with E-state index in [4.69, 9.17) is 9.47 Å². The molecule has 2 heterocycles. The topological polar surface area (TPSA) is 97.8 Å². The van der Waals surface area contributed by atoms with E-state index in [0.717, 1.165) is 30.0 Å². The molecule has 3 rings (SSSR count). The number of aromatic nitrogens is 1. The molecule has 2 aromatic rings. The van der Waals surface area contributed by atoms with Gasteiger partial charge in [0, 0.05) is 12.0 Å². The van der Waals surface area contributed by atoms with Gasteiger partial charge in [0.1, 0.15) is 28.4 Å². The molecule has 9 heteroatoms. The Labute approximate surface area is 152 Å². The summed E-state index contributed by atoms with van der Waals surface area (Å²) in [5.74, 6) is -1.99. The molecule has 1 aromatic carbocycles. The van der Waals surface area contributed by atoms with Crippen LogP contribution < -0.4 is 10.1 Å². The number of nitrogens with zero attached hydrogens (tertiary/aromatic N) is 1. The van der Waals surface area contributed by atoms with E-state index in [0.29, 0.717) is 6.61 Å². The van der Waals surface area contributed by atoms with Gasteiger partial charge in [-0.05, 0) is 37.1 Å². The molecule has 1 amide bonds. The Bertz CT molecular complexity index is 774. The van der Waals surface area contributed by atoms with Gasteiger partial charge in [0.15, 0.2) is 0 Å². The van der Waals surface area contributed by atoms with Crippen molar-refractivity contribution in [3.63, 3.8) is 0 Å². The van der Waals surface area contributed by atoms with Crippen LogP contribution in [0.4, 0.5) is 4.39 Å². The molecule has 7 nitrogen and oxygen atoms in total. The number of rotatable bonds is 7. The Morgan fingerprint density at radius 1 is 1.42 bits per heavy atom. The summed E-state index contributed by atoms with van der Waals surface area (Å²) in [6, 6.07) is 4.96. The van der Waals surface area contributed by atoms with Gasteiger partial charge >= 0.3 is 5.97 Å². The molecule has 0 bridgehead atoms. The van der Waals surface area contributed by atoms with Gasteiger partial charge in [-0.1, -0.05) is 0 Å². The van der Waals surface area contributed by atoms with Crippen LogP contribution in [-0.4, -0.2) is 41.2 Å². The fourth-order valence-electron chi connectivity index (χ4n) is 2.44. The van der Waals surface area contributed by atoms with Crippen LogP contribution in [0.25, 0.3) is 0 Å². The van der Waals surface area contributed by atoms with Crippen molar-refractivity contribution in [2.45, 2.75) is 25.0 Å². The monoisotopic (exact) mass is 380 g/mol. The maximum Gasteiger partial charge on any atom is 0.346 e. The number of carboxylic acid groups (broad SMARTS) is 1. The van der Waals surface area contributed by atoms with E-state index in [1.807, 2.05) is 0 Å². The number of amides is 1. The number of hydrogen-bond acceptors (Lipinski definition) is 6. The first-order chi connectivity index (χ1) is 12.5. The number of thiazole rings is 1. The molecular weight excluding hydrogens is 363 g/mol. The van der Waals surface area contributed by atoms with Crippen molar-refractivity contribution >= 4 is 23.2 Å². The van der Waals surface area contributed by atoms with Crippen LogP contribution in [0.1, 0.15) is 34.4 Å². The number of ether oxygens (including phenoxy) is 2. The van der Waals surface area contributed by atoms with E-state index >= 15 is 0 Å². The lowest BCUT2D eigenvalue weighted by atomic mass is 10.2. The summed E-state index contributed by atoms with van der Waals surface area (Å²) < 4.78 is 23.7. The quantitative estimate of drug-likeness (QED) is 0.765. The second kappa shape index (κ2) is 8.24. The fraction of sp³-hybridized carbons (Fsp3) is 0.353. The van der Waals surface area contributed by atoms with Crippen LogP contribution in [0.2, 0.25) is 0 Å².